The average molecular weight is 206 g/mol. The first kappa shape index (κ1) is 9.09. The van der Waals surface area contributed by atoms with Gasteiger partial charge in [0.2, 0.25) is 0 Å². The highest BCUT2D eigenvalue weighted by molar-refractivity contribution is 6.31. The fourth-order valence-corrected chi connectivity index (χ4v) is 1.42. The molecule has 0 bridgehead atoms. The number of hydrogen-bond donors (Lipinski definition) is 0. The third-order valence-corrected chi connectivity index (χ3v) is 2.22. The number of halogens is 1. The lowest BCUT2D eigenvalue weighted by Gasteiger charge is -2.04. The number of rotatable bonds is 1. The van der Waals surface area contributed by atoms with Crippen LogP contribution in [0.25, 0.3) is 11.3 Å². The normalized spacial score (nSPS) is 10.1. The van der Waals surface area contributed by atoms with Crippen LogP contribution in [0.2, 0.25) is 5.15 Å². The van der Waals surface area contributed by atoms with Crippen molar-refractivity contribution < 1.29 is 0 Å². The predicted molar refractivity (Wildman–Crippen MR) is 55.0 cm³/mol. The van der Waals surface area contributed by atoms with Gasteiger partial charge in [0.05, 0.1) is 0 Å². The Hall–Kier alpha value is -1.48. The van der Waals surface area contributed by atoms with E-state index in [0.29, 0.717) is 10.8 Å². The molecule has 0 aliphatic rings. The first-order valence-electron chi connectivity index (χ1n) is 4.16. The Morgan fingerprint density at radius 1 is 1.14 bits per heavy atom. The third kappa shape index (κ3) is 1.59. The lowest BCUT2D eigenvalue weighted by molar-refractivity contribution is 1.18. The van der Waals surface area contributed by atoms with E-state index in [0.717, 1.165) is 11.1 Å². The maximum absolute atomic E-state index is 5.93. The maximum atomic E-state index is 5.93. The fraction of sp³-hybridized carbons (Fsp3) is 0.100. The molecule has 0 aliphatic carbocycles. The van der Waals surface area contributed by atoms with E-state index in [4.69, 9.17) is 11.6 Å². The molecule has 0 fully saturated rings. The van der Waals surface area contributed by atoms with Crippen molar-refractivity contribution in [3.8, 4) is 11.3 Å². The molecule has 0 spiro atoms. The van der Waals surface area contributed by atoms with Crippen LogP contribution in [-0.2, 0) is 0 Å². The van der Waals surface area contributed by atoms with Crippen LogP contribution in [0.1, 0.15) is 5.56 Å². The number of hydrogen-bond acceptors (Lipinski definition) is 3. The lowest BCUT2D eigenvalue weighted by atomic mass is 10.1. The molecule has 2 aromatic rings. The Bertz CT molecular complexity index is 413. The summed E-state index contributed by atoms with van der Waals surface area (Å²) in [4.78, 5) is 12.2. The molecule has 0 N–H and O–H groups in total. The second-order valence-corrected chi connectivity index (χ2v) is 3.24. The van der Waals surface area contributed by atoms with E-state index < -0.39 is 0 Å². The Balaban J connectivity index is 2.61. The summed E-state index contributed by atoms with van der Waals surface area (Å²) in [6, 6.07) is 1.92. The zero-order chi connectivity index (χ0) is 9.97. The molecule has 0 saturated heterocycles. The minimum Gasteiger partial charge on any atom is -0.264 e. The minimum atomic E-state index is 0.406. The number of nitrogens with zero attached hydrogens (tertiary/aromatic N) is 3. The van der Waals surface area contributed by atoms with Gasteiger partial charge in [-0.25, -0.2) is 4.98 Å². The summed E-state index contributed by atoms with van der Waals surface area (Å²) in [6.07, 6.45) is 6.67. The Labute approximate surface area is 86.8 Å². The van der Waals surface area contributed by atoms with Gasteiger partial charge < -0.3 is 0 Å². The second kappa shape index (κ2) is 3.72. The van der Waals surface area contributed by atoms with Gasteiger partial charge in [0.15, 0.2) is 5.15 Å². The highest BCUT2D eigenvalue weighted by Crippen LogP contribution is 2.24. The van der Waals surface area contributed by atoms with Crippen molar-refractivity contribution >= 4 is 11.6 Å². The largest absolute Gasteiger partial charge is 0.264 e. The van der Waals surface area contributed by atoms with Crippen molar-refractivity contribution in [2.75, 3.05) is 0 Å². The molecular weight excluding hydrogens is 198 g/mol. The van der Waals surface area contributed by atoms with Crippen LogP contribution >= 0.6 is 11.6 Å². The van der Waals surface area contributed by atoms with E-state index >= 15 is 0 Å². The number of aryl methyl sites for hydroxylation is 1. The summed E-state index contributed by atoms with van der Waals surface area (Å²) < 4.78 is 0. The molecule has 0 atom stereocenters. The van der Waals surface area contributed by atoms with Gasteiger partial charge >= 0.3 is 0 Å². The molecule has 2 rings (SSSR count). The quantitative estimate of drug-likeness (QED) is 0.718. The molecule has 2 heterocycles. The lowest BCUT2D eigenvalue weighted by Crippen LogP contribution is -1.90. The van der Waals surface area contributed by atoms with Crippen molar-refractivity contribution in [1.82, 2.24) is 15.0 Å². The van der Waals surface area contributed by atoms with Crippen LogP contribution in [0, 0.1) is 6.92 Å². The van der Waals surface area contributed by atoms with E-state index in [9.17, 15) is 0 Å². The first-order chi connectivity index (χ1) is 6.79. The summed E-state index contributed by atoms with van der Waals surface area (Å²) in [7, 11) is 0. The molecule has 0 aromatic carbocycles. The Kier molecular flexibility index (Phi) is 2.41. The molecule has 0 radical (unpaired) electrons. The Morgan fingerprint density at radius 2 is 1.93 bits per heavy atom. The van der Waals surface area contributed by atoms with Gasteiger partial charge in [0.25, 0.3) is 0 Å². The zero-order valence-electron chi connectivity index (χ0n) is 7.61. The molecule has 70 valence electrons. The maximum Gasteiger partial charge on any atom is 0.155 e. The summed E-state index contributed by atoms with van der Waals surface area (Å²) in [6.45, 7) is 1.99. The average Bonchev–Trinajstić information content (AvgIpc) is 2.20. The summed E-state index contributed by atoms with van der Waals surface area (Å²) >= 11 is 5.93. The van der Waals surface area contributed by atoms with Gasteiger partial charge in [-0.05, 0) is 18.6 Å². The molecule has 0 unspecified atom stereocenters. The van der Waals surface area contributed by atoms with Crippen LogP contribution in [0.5, 0.6) is 0 Å². The molecule has 0 saturated carbocycles. The van der Waals surface area contributed by atoms with Gasteiger partial charge in [-0.2, -0.15) is 0 Å². The highest BCUT2D eigenvalue weighted by atomic mass is 35.5. The summed E-state index contributed by atoms with van der Waals surface area (Å²) in [5.74, 6) is 0. The molecule has 2 aromatic heterocycles. The van der Waals surface area contributed by atoms with Gasteiger partial charge in [-0.3, -0.25) is 9.97 Å². The summed E-state index contributed by atoms with van der Waals surface area (Å²) in [5, 5.41) is 0.406. The molecule has 14 heavy (non-hydrogen) atoms. The zero-order valence-corrected chi connectivity index (χ0v) is 8.36. The monoisotopic (exact) mass is 205 g/mol. The minimum absolute atomic E-state index is 0.406. The van der Waals surface area contributed by atoms with E-state index in [1.807, 2.05) is 13.0 Å². The third-order valence-electron chi connectivity index (χ3n) is 1.95. The predicted octanol–water partition coefficient (Wildman–Crippen LogP) is 2.50. The SMILES string of the molecule is Cc1ccncc1-c1nccnc1Cl. The van der Waals surface area contributed by atoms with Crippen LogP contribution in [0.4, 0.5) is 0 Å². The molecule has 0 amide bonds. The molecule has 3 nitrogen and oxygen atoms in total. The molecule has 4 heteroatoms. The van der Waals surface area contributed by atoms with Crippen molar-refractivity contribution in [3.05, 3.63) is 41.6 Å². The van der Waals surface area contributed by atoms with E-state index in [2.05, 4.69) is 15.0 Å². The van der Waals surface area contributed by atoms with Crippen molar-refractivity contribution in [1.29, 1.82) is 0 Å². The van der Waals surface area contributed by atoms with Crippen LogP contribution in [0.3, 0.4) is 0 Å². The topological polar surface area (TPSA) is 38.7 Å². The van der Waals surface area contributed by atoms with Crippen molar-refractivity contribution in [2.24, 2.45) is 0 Å². The highest BCUT2D eigenvalue weighted by Gasteiger charge is 2.07. The first-order valence-corrected chi connectivity index (χ1v) is 4.54. The van der Waals surface area contributed by atoms with Crippen LogP contribution in [-0.4, -0.2) is 15.0 Å². The second-order valence-electron chi connectivity index (χ2n) is 2.89. The standard InChI is InChI=1S/C10H8ClN3/c1-7-2-3-12-6-8(7)9-10(11)14-5-4-13-9/h2-6H,1H3. The summed E-state index contributed by atoms with van der Waals surface area (Å²) in [5.41, 5.74) is 2.69. The van der Waals surface area contributed by atoms with Gasteiger partial charge in [0, 0.05) is 30.4 Å². The Morgan fingerprint density at radius 3 is 2.64 bits per heavy atom. The fourth-order valence-electron chi connectivity index (χ4n) is 1.21. The number of aromatic nitrogens is 3. The van der Waals surface area contributed by atoms with E-state index in [1.165, 1.54) is 0 Å². The van der Waals surface area contributed by atoms with Crippen LogP contribution < -0.4 is 0 Å². The van der Waals surface area contributed by atoms with Crippen molar-refractivity contribution in [2.45, 2.75) is 6.92 Å². The van der Waals surface area contributed by atoms with E-state index in [1.54, 1.807) is 24.8 Å². The van der Waals surface area contributed by atoms with Gasteiger partial charge in [0.1, 0.15) is 5.69 Å². The number of pyridine rings is 1. The molecular formula is C10H8ClN3. The van der Waals surface area contributed by atoms with Gasteiger partial charge in [-0.15, -0.1) is 0 Å². The van der Waals surface area contributed by atoms with E-state index in [-0.39, 0.29) is 0 Å². The van der Waals surface area contributed by atoms with Crippen LogP contribution in [0.15, 0.2) is 30.9 Å². The van der Waals surface area contributed by atoms with Crippen molar-refractivity contribution in [3.63, 3.8) is 0 Å². The molecule has 0 aliphatic heterocycles. The van der Waals surface area contributed by atoms with Gasteiger partial charge in [-0.1, -0.05) is 11.6 Å². The smallest absolute Gasteiger partial charge is 0.155 e.